The van der Waals surface area contributed by atoms with Crippen molar-refractivity contribution in [2.75, 3.05) is 20.6 Å². The predicted octanol–water partition coefficient (Wildman–Crippen LogP) is -2.63. The van der Waals surface area contributed by atoms with E-state index in [-0.39, 0.29) is 37.1 Å². The van der Waals surface area contributed by atoms with Crippen LogP contribution in [0.1, 0.15) is 26.2 Å². The van der Waals surface area contributed by atoms with Gasteiger partial charge in [-0.1, -0.05) is 0 Å². The minimum atomic E-state index is -1.85. The Morgan fingerprint density at radius 1 is 1.26 bits per heavy atom. The van der Waals surface area contributed by atoms with Crippen LogP contribution in [-0.4, -0.2) is 91.4 Å². The summed E-state index contributed by atoms with van der Waals surface area (Å²) < 4.78 is 18.0. The number of ether oxygens (including phenoxy) is 3. The van der Waals surface area contributed by atoms with Crippen molar-refractivity contribution < 1.29 is 29.2 Å². The van der Waals surface area contributed by atoms with Crippen LogP contribution in [0, 0.1) is 0 Å². The number of hydrogen-bond donors (Lipinski definition) is 6. The molecule has 0 bridgehead atoms. The molecule has 3 fully saturated rings. The summed E-state index contributed by atoms with van der Waals surface area (Å²) in [6, 6.07) is -1.34. The molecule has 5 unspecified atom stereocenters. The van der Waals surface area contributed by atoms with E-state index in [9.17, 15) is 15.0 Å². The number of carbonyl (C=O) groups excluding carboxylic acids is 1. The monoisotopic (exact) mass is 388 g/mol. The van der Waals surface area contributed by atoms with Gasteiger partial charge in [-0.2, -0.15) is 0 Å². The number of hydrogen-bond acceptors (Lipinski definition) is 9. The number of nitrogens with two attached hydrogens (primary N) is 1. The summed E-state index contributed by atoms with van der Waals surface area (Å²) >= 11 is 0. The first kappa shape index (κ1) is 20.9. The van der Waals surface area contributed by atoms with Gasteiger partial charge in [0.1, 0.15) is 6.10 Å². The van der Waals surface area contributed by atoms with Gasteiger partial charge < -0.3 is 46.1 Å². The van der Waals surface area contributed by atoms with Crippen LogP contribution in [0.15, 0.2) is 0 Å². The molecule has 0 aromatic carbocycles. The number of fused-ring (bicyclic) bond motifs is 2. The number of aliphatic hydroxyl groups is 2. The van der Waals surface area contributed by atoms with E-state index in [1.165, 1.54) is 0 Å². The van der Waals surface area contributed by atoms with Crippen LogP contribution in [0.3, 0.4) is 0 Å². The topological polar surface area (TPSA) is 147 Å². The van der Waals surface area contributed by atoms with Crippen molar-refractivity contribution in [2.24, 2.45) is 5.73 Å². The van der Waals surface area contributed by atoms with Crippen LogP contribution < -0.4 is 21.7 Å². The lowest BCUT2D eigenvalue weighted by atomic mass is 9.81. The third kappa shape index (κ3) is 3.85. The van der Waals surface area contributed by atoms with Crippen LogP contribution in [0.4, 0.5) is 0 Å². The van der Waals surface area contributed by atoms with E-state index in [1.54, 1.807) is 14.1 Å². The smallest absolute Gasteiger partial charge is 0.239 e. The van der Waals surface area contributed by atoms with Crippen LogP contribution in [0.2, 0.25) is 0 Å². The van der Waals surface area contributed by atoms with Crippen molar-refractivity contribution in [1.82, 2.24) is 16.0 Å². The molecule has 2 aliphatic heterocycles. The quantitative estimate of drug-likeness (QED) is 0.297. The minimum absolute atomic E-state index is 0.154. The lowest BCUT2D eigenvalue weighted by Gasteiger charge is -2.56. The zero-order chi connectivity index (χ0) is 19.8. The maximum absolute atomic E-state index is 12.1. The maximum atomic E-state index is 12.1. The Morgan fingerprint density at radius 2 is 2.00 bits per heavy atom. The molecule has 0 radical (unpaired) electrons. The van der Waals surface area contributed by atoms with Crippen LogP contribution in [0.25, 0.3) is 0 Å². The van der Waals surface area contributed by atoms with Gasteiger partial charge in [-0.15, -0.1) is 0 Å². The highest BCUT2D eigenvalue weighted by molar-refractivity contribution is 5.76. The largest absolute Gasteiger partial charge is 0.390 e. The highest BCUT2D eigenvalue weighted by atomic mass is 16.8. The summed E-state index contributed by atoms with van der Waals surface area (Å²) in [5.41, 5.74) is 5.45. The van der Waals surface area contributed by atoms with Crippen molar-refractivity contribution >= 4 is 5.91 Å². The van der Waals surface area contributed by atoms with Crippen LogP contribution >= 0.6 is 0 Å². The van der Waals surface area contributed by atoms with Gasteiger partial charge in [-0.25, -0.2) is 0 Å². The minimum Gasteiger partial charge on any atom is -0.390 e. The Bertz CT molecular complexity index is 540. The lowest BCUT2D eigenvalue weighted by molar-refractivity contribution is -0.442. The van der Waals surface area contributed by atoms with Crippen LogP contribution in [0.5, 0.6) is 0 Å². The molecule has 1 amide bonds. The number of nitrogens with one attached hydrogen (secondary N) is 3. The standard InChI is InChI=1S/C17H32N4O6/c1-8-6-11(21-12(22)4-5-18)17(24)16(25-8)26-10-7-9(19-2)14(23)13(20-3)15(10)27-17/h8-11,13-16,19-20,23-24H,4-7,18H2,1-3H3,(H,21,22)/t8-,9+,10?,11?,13?,14+,15?,16?,17+/m1/s1. The highest BCUT2D eigenvalue weighted by Gasteiger charge is 2.61. The van der Waals surface area contributed by atoms with Gasteiger partial charge in [0.25, 0.3) is 0 Å². The molecule has 0 aromatic rings. The Hall–Kier alpha value is -0.850. The van der Waals surface area contributed by atoms with E-state index >= 15 is 0 Å². The molecule has 1 aliphatic carbocycles. The molecule has 3 aliphatic rings. The number of rotatable bonds is 5. The molecule has 10 heteroatoms. The summed E-state index contributed by atoms with van der Waals surface area (Å²) in [5, 5.41) is 30.9. The van der Waals surface area contributed by atoms with E-state index in [2.05, 4.69) is 16.0 Å². The number of aliphatic hydroxyl groups excluding tert-OH is 1. The third-order valence-corrected chi connectivity index (χ3v) is 5.78. The molecular formula is C17H32N4O6. The molecular weight excluding hydrogens is 356 g/mol. The molecule has 156 valence electrons. The van der Waals surface area contributed by atoms with E-state index in [4.69, 9.17) is 19.9 Å². The second-order valence-corrected chi connectivity index (χ2v) is 7.62. The first-order valence-electron chi connectivity index (χ1n) is 9.57. The normalized spacial score (nSPS) is 47.0. The van der Waals surface area contributed by atoms with E-state index in [0.29, 0.717) is 12.8 Å². The molecule has 3 rings (SSSR count). The van der Waals surface area contributed by atoms with E-state index in [1.807, 2.05) is 6.92 Å². The Morgan fingerprint density at radius 3 is 2.63 bits per heavy atom. The molecule has 2 heterocycles. The van der Waals surface area contributed by atoms with Crippen molar-refractivity contribution in [1.29, 1.82) is 0 Å². The highest BCUT2D eigenvalue weighted by Crippen LogP contribution is 2.41. The van der Waals surface area contributed by atoms with E-state index < -0.39 is 36.4 Å². The van der Waals surface area contributed by atoms with E-state index in [0.717, 1.165) is 0 Å². The van der Waals surface area contributed by atoms with Gasteiger partial charge in [-0.3, -0.25) is 4.79 Å². The summed E-state index contributed by atoms with van der Waals surface area (Å²) in [6.45, 7) is 2.07. The number of likely N-dealkylation sites (N-methyl/N-ethyl adjacent to an activating group) is 2. The molecule has 0 spiro atoms. The second-order valence-electron chi connectivity index (χ2n) is 7.62. The van der Waals surface area contributed by atoms with Crippen LogP contribution in [-0.2, 0) is 19.0 Å². The Kier molecular flexibility index (Phi) is 6.38. The average molecular weight is 388 g/mol. The fraction of sp³-hybridized carbons (Fsp3) is 0.941. The molecule has 27 heavy (non-hydrogen) atoms. The first-order valence-corrected chi connectivity index (χ1v) is 9.57. The summed E-state index contributed by atoms with van der Waals surface area (Å²) in [7, 11) is 3.51. The Labute approximate surface area is 159 Å². The van der Waals surface area contributed by atoms with Gasteiger partial charge >= 0.3 is 0 Å². The zero-order valence-electron chi connectivity index (χ0n) is 16.1. The second kappa shape index (κ2) is 8.26. The summed E-state index contributed by atoms with van der Waals surface area (Å²) in [6.07, 6.45) is -1.92. The summed E-state index contributed by atoms with van der Waals surface area (Å²) in [4.78, 5) is 12.1. The predicted molar refractivity (Wildman–Crippen MR) is 95.6 cm³/mol. The van der Waals surface area contributed by atoms with Gasteiger partial charge in [-0.05, 0) is 33.9 Å². The lowest BCUT2D eigenvalue weighted by Crippen LogP contribution is -2.76. The zero-order valence-corrected chi connectivity index (χ0v) is 16.1. The van der Waals surface area contributed by atoms with Crippen molar-refractivity contribution in [3.05, 3.63) is 0 Å². The van der Waals surface area contributed by atoms with Crippen molar-refractivity contribution in [2.45, 2.75) is 80.8 Å². The SMILES string of the molecule is CNC1C2O[C@@]3(O)C(NC(=O)CCN)C[C@@H](C)OC3OC2C[C@H](NC)[C@@H]1O. The maximum Gasteiger partial charge on any atom is 0.239 e. The molecule has 1 saturated carbocycles. The number of carbonyl (C=O) groups is 1. The summed E-state index contributed by atoms with van der Waals surface area (Å²) in [5.74, 6) is -2.11. The van der Waals surface area contributed by atoms with Gasteiger partial charge in [0, 0.05) is 19.0 Å². The molecule has 0 aromatic heterocycles. The molecule has 10 nitrogen and oxygen atoms in total. The van der Waals surface area contributed by atoms with Crippen molar-refractivity contribution in [3.8, 4) is 0 Å². The molecule has 7 N–H and O–H groups in total. The fourth-order valence-electron chi connectivity index (χ4n) is 4.34. The number of amides is 1. The average Bonchev–Trinajstić information content (AvgIpc) is 2.61. The van der Waals surface area contributed by atoms with Crippen molar-refractivity contribution in [3.63, 3.8) is 0 Å². The fourth-order valence-corrected chi connectivity index (χ4v) is 4.34. The molecule has 2 saturated heterocycles. The van der Waals surface area contributed by atoms with Gasteiger partial charge in [0.05, 0.1) is 30.4 Å². The Balaban J connectivity index is 1.84. The first-order chi connectivity index (χ1) is 12.8. The van der Waals surface area contributed by atoms with Gasteiger partial charge in [0.15, 0.2) is 0 Å². The van der Waals surface area contributed by atoms with Gasteiger partial charge in [0.2, 0.25) is 18.0 Å². The third-order valence-electron chi connectivity index (χ3n) is 5.78. The molecule has 9 atom stereocenters.